The van der Waals surface area contributed by atoms with Crippen LogP contribution in [-0.4, -0.2) is 36.8 Å². The second-order valence-corrected chi connectivity index (χ2v) is 8.28. The number of aryl methyl sites for hydroxylation is 1. The predicted molar refractivity (Wildman–Crippen MR) is 90.5 cm³/mol. The highest BCUT2D eigenvalue weighted by atomic mass is 32.2. The topological polar surface area (TPSA) is 59.5 Å². The molecule has 2 heterocycles. The number of nitrogens with zero attached hydrogens (tertiary/aromatic N) is 2. The van der Waals surface area contributed by atoms with E-state index in [1.54, 1.807) is 9.69 Å². The lowest BCUT2D eigenvalue weighted by Gasteiger charge is -2.24. The van der Waals surface area contributed by atoms with E-state index in [9.17, 15) is 8.42 Å². The first-order valence-corrected chi connectivity index (χ1v) is 9.86. The third-order valence-corrected chi connectivity index (χ3v) is 6.91. The van der Waals surface area contributed by atoms with Gasteiger partial charge in [0.2, 0.25) is 15.9 Å². The molecule has 0 saturated carbocycles. The highest BCUT2D eigenvalue weighted by molar-refractivity contribution is 7.89. The maximum Gasteiger partial charge on any atom is 0.249 e. The number of ether oxygens (including phenoxy) is 1. The quantitative estimate of drug-likeness (QED) is 0.830. The van der Waals surface area contributed by atoms with E-state index < -0.39 is 10.0 Å². The first-order chi connectivity index (χ1) is 11.0. The molecule has 3 rings (SSSR count). The van der Waals surface area contributed by atoms with Gasteiger partial charge in [-0.25, -0.2) is 8.42 Å². The number of aromatic nitrogens is 1. The lowest BCUT2D eigenvalue weighted by Crippen LogP contribution is -2.36. The van der Waals surface area contributed by atoms with E-state index in [4.69, 9.17) is 4.74 Å². The molecule has 0 N–H and O–H groups in total. The Bertz CT molecular complexity index is 769. The maximum atomic E-state index is 12.9. The van der Waals surface area contributed by atoms with Crippen molar-refractivity contribution >= 4 is 21.6 Å². The van der Waals surface area contributed by atoms with Crippen LogP contribution < -0.4 is 4.74 Å². The van der Waals surface area contributed by atoms with Crippen LogP contribution >= 0.6 is 11.5 Å². The predicted octanol–water partition coefficient (Wildman–Crippen LogP) is 2.86. The van der Waals surface area contributed by atoms with Gasteiger partial charge in [0.15, 0.2) is 4.90 Å². The van der Waals surface area contributed by atoms with Crippen molar-refractivity contribution < 1.29 is 13.2 Å². The summed E-state index contributed by atoms with van der Waals surface area (Å²) >= 11 is 1.10. The van der Waals surface area contributed by atoms with Crippen molar-refractivity contribution in [2.75, 3.05) is 13.7 Å². The number of hydrogen-bond acceptors (Lipinski definition) is 5. The Hall–Kier alpha value is -1.44. The smallest absolute Gasteiger partial charge is 0.249 e. The van der Waals surface area contributed by atoms with Crippen molar-refractivity contribution in [3.05, 3.63) is 40.8 Å². The van der Waals surface area contributed by atoms with Crippen LogP contribution in [0.1, 0.15) is 24.0 Å². The Labute approximate surface area is 141 Å². The monoisotopic (exact) mass is 352 g/mol. The zero-order chi connectivity index (χ0) is 16.4. The molecule has 0 amide bonds. The number of hydrogen-bond donors (Lipinski definition) is 0. The zero-order valence-corrected chi connectivity index (χ0v) is 14.9. The average Bonchev–Trinajstić information content (AvgIpc) is 3.18. The Balaban J connectivity index is 1.84. The van der Waals surface area contributed by atoms with Crippen LogP contribution in [-0.2, 0) is 16.4 Å². The van der Waals surface area contributed by atoms with Crippen molar-refractivity contribution in [1.29, 1.82) is 0 Å². The molecule has 0 spiro atoms. The molecule has 1 aliphatic heterocycles. The fourth-order valence-electron chi connectivity index (χ4n) is 2.98. The van der Waals surface area contributed by atoms with Crippen LogP contribution in [0.5, 0.6) is 5.88 Å². The zero-order valence-electron chi connectivity index (χ0n) is 13.2. The van der Waals surface area contributed by atoms with Crippen LogP contribution in [0, 0.1) is 6.92 Å². The molecule has 1 saturated heterocycles. The molecule has 23 heavy (non-hydrogen) atoms. The number of methoxy groups -OCH3 is 1. The van der Waals surface area contributed by atoms with E-state index in [0.717, 1.165) is 36.4 Å². The summed E-state index contributed by atoms with van der Waals surface area (Å²) in [5.74, 6) is 0.191. The van der Waals surface area contributed by atoms with Gasteiger partial charge in [-0.2, -0.15) is 8.68 Å². The van der Waals surface area contributed by atoms with Crippen LogP contribution in [0.15, 0.2) is 34.5 Å². The normalized spacial score (nSPS) is 19.1. The molecule has 0 bridgehead atoms. The SMILES string of the molecule is COc1nscc1S(=O)(=O)N1CCCC1Cc1ccc(C)cc1. The molecule has 1 atom stereocenters. The third-order valence-electron chi connectivity index (χ3n) is 4.20. The van der Waals surface area contributed by atoms with Gasteiger partial charge in [0, 0.05) is 18.0 Å². The maximum absolute atomic E-state index is 12.9. The van der Waals surface area contributed by atoms with Crippen LogP contribution in [0.4, 0.5) is 0 Å². The number of benzene rings is 1. The van der Waals surface area contributed by atoms with E-state index in [1.165, 1.54) is 12.7 Å². The Morgan fingerprint density at radius 1 is 1.35 bits per heavy atom. The van der Waals surface area contributed by atoms with Crippen LogP contribution in [0.2, 0.25) is 0 Å². The van der Waals surface area contributed by atoms with Gasteiger partial charge >= 0.3 is 0 Å². The Kier molecular flexibility index (Phi) is 4.70. The molecule has 0 aliphatic carbocycles. The number of sulfonamides is 1. The highest BCUT2D eigenvalue weighted by Crippen LogP contribution is 2.33. The fraction of sp³-hybridized carbons (Fsp3) is 0.438. The van der Waals surface area contributed by atoms with Gasteiger partial charge in [-0.05, 0) is 43.3 Å². The van der Waals surface area contributed by atoms with Gasteiger partial charge in [-0.3, -0.25) is 0 Å². The second-order valence-electron chi connectivity index (χ2n) is 5.79. The van der Waals surface area contributed by atoms with Crippen molar-refractivity contribution in [3.63, 3.8) is 0 Å². The minimum Gasteiger partial charge on any atom is -0.479 e. The molecule has 1 aliphatic rings. The first-order valence-electron chi connectivity index (χ1n) is 7.58. The summed E-state index contributed by atoms with van der Waals surface area (Å²) in [5, 5.41) is 1.55. The Morgan fingerprint density at radius 3 is 2.78 bits per heavy atom. The van der Waals surface area contributed by atoms with Gasteiger partial charge in [-0.15, -0.1) is 0 Å². The molecule has 1 unspecified atom stereocenters. The minimum atomic E-state index is -3.56. The van der Waals surface area contributed by atoms with E-state index >= 15 is 0 Å². The summed E-state index contributed by atoms with van der Waals surface area (Å²) in [7, 11) is -2.11. The molecule has 1 aromatic carbocycles. The van der Waals surface area contributed by atoms with Gasteiger partial charge in [0.1, 0.15) is 0 Å². The summed E-state index contributed by atoms with van der Waals surface area (Å²) < 4.78 is 36.6. The molecule has 7 heteroatoms. The summed E-state index contributed by atoms with van der Waals surface area (Å²) in [6, 6.07) is 8.27. The van der Waals surface area contributed by atoms with E-state index in [0.29, 0.717) is 6.54 Å². The van der Waals surface area contributed by atoms with Gasteiger partial charge < -0.3 is 4.74 Å². The summed E-state index contributed by atoms with van der Waals surface area (Å²) in [5.41, 5.74) is 2.37. The third kappa shape index (κ3) is 3.27. The van der Waals surface area contributed by atoms with Gasteiger partial charge in [0.05, 0.1) is 7.11 Å². The molecule has 124 valence electrons. The van der Waals surface area contributed by atoms with Crippen LogP contribution in [0.25, 0.3) is 0 Å². The highest BCUT2D eigenvalue weighted by Gasteiger charge is 2.37. The molecule has 1 aromatic heterocycles. The van der Waals surface area contributed by atoms with Crippen molar-refractivity contribution in [3.8, 4) is 5.88 Å². The summed E-state index contributed by atoms with van der Waals surface area (Å²) in [6.45, 7) is 2.60. The van der Waals surface area contributed by atoms with Crippen LogP contribution in [0.3, 0.4) is 0 Å². The molecule has 5 nitrogen and oxygen atoms in total. The van der Waals surface area contributed by atoms with E-state index in [2.05, 4.69) is 28.6 Å². The largest absolute Gasteiger partial charge is 0.479 e. The molecule has 2 aromatic rings. The minimum absolute atomic E-state index is 0.00712. The number of rotatable bonds is 5. The first kappa shape index (κ1) is 16.4. The van der Waals surface area contributed by atoms with Crippen molar-refractivity contribution in [2.24, 2.45) is 0 Å². The van der Waals surface area contributed by atoms with Crippen molar-refractivity contribution in [2.45, 2.75) is 37.1 Å². The fourth-order valence-corrected chi connectivity index (χ4v) is 5.71. The molecular formula is C16H20N2O3S2. The lowest BCUT2D eigenvalue weighted by molar-refractivity contribution is 0.370. The molecule has 1 fully saturated rings. The van der Waals surface area contributed by atoms with Crippen molar-refractivity contribution in [1.82, 2.24) is 8.68 Å². The summed E-state index contributed by atoms with van der Waals surface area (Å²) in [6.07, 6.45) is 2.50. The standard InChI is InChI=1S/C16H20N2O3S2/c1-12-5-7-13(8-6-12)10-14-4-3-9-18(14)23(19,20)15-11-22-17-16(15)21-2/h5-8,11,14H,3-4,9-10H2,1-2H3. The Morgan fingerprint density at radius 2 is 2.09 bits per heavy atom. The molecule has 0 radical (unpaired) electrons. The second kappa shape index (κ2) is 6.59. The van der Waals surface area contributed by atoms with Gasteiger partial charge in [0.25, 0.3) is 0 Å². The van der Waals surface area contributed by atoms with E-state index in [1.807, 2.05) is 6.92 Å². The summed E-state index contributed by atoms with van der Waals surface area (Å²) in [4.78, 5) is 0.181. The lowest BCUT2D eigenvalue weighted by atomic mass is 10.0. The van der Waals surface area contributed by atoms with E-state index in [-0.39, 0.29) is 16.8 Å². The average molecular weight is 352 g/mol. The van der Waals surface area contributed by atoms with Gasteiger partial charge in [-0.1, -0.05) is 29.8 Å². The molecular weight excluding hydrogens is 332 g/mol.